The van der Waals surface area contributed by atoms with Crippen molar-refractivity contribution in [1.29, 1.82) is 5.26 Å². The Bertz CT molecular complexity index is 1910. The maximum absolute atomic E-state index is 14.2. The topological polar surface area (TPSA) is 110 Å². The van der Waals surface area contributed by atoms with Crippen LogP contribution in [-0.4, -0.2) is 52.7 Å². The lowest BCUT2D eigenvalue weighted by Crippen LogP contribution is -2.38. The fourth-order valence-corrected chi connectivity index (χ4v) is 8.61. The van der Waals surface area contributed by atoms with Crippen molar-refractivity contribution < 1.29 is 18.3 Å². The van der Waals surface area contributed by atoms with Crippen LogP contribution in [0.2, 0.25) is 25.7 Å². The number of nitrogens with zero attached hydrogens (tertiary/aromatic N) is 4. The van der Waals surface area contributed by atoms with Gasteiger partial charge in [-0.1, -0.05) is 43.9 Å². The predicted molar refractivity (Wildman–Crippen MR) is 177 cm³/mol. The second-order valence-corrected chi connectivity index (χ2v) is 21.3. The van der Waals surface area contributed by atoms with Gasteiger partial charge in [-0.25, -0.2) is 17.4 Å². The third kappa shape index (κ3) is 5.87. The summed E-state index contributed by atoms with van der Waals surface area (Å²) in [5.41, 5.74) is 3.68. The maximum Gasteiger partial charge on any atom is 0.248 e. The molecule has 226 valence electrons. The Kier molecular flexibility index (Phi) is 8.55. The third-order valence-electron chi connectivity index (χ3n) is 8.05. The molecule has 0 fully saturated rings. The molecule has 8 nitrogen and oxygen atoms in total. The van der Waals surface area contributed by atoms with Crippen LogP contribution >= 0.6 is 11.8 Å². The van der Waals surface area contributed by atoms with Crippen LogP contribution < -0.4 is 0 Å². The van der Waals surface area contributed by atoms with E-state index in [1.54, 1.807) is 37.4 Å². The second kappa shape index (κ2) is 11.7. The van der Waals surface area contributed by atoms with E-state index in [0.717, 1.165) is 16.5 Å². The summed E-state index contributed by atoms with van der Waals surface area (Å²) in [6.45, 7) is 11.2. The highest BCUT2D eigenvalue weighted by Crippen LogP contribution is 2.38. The molecule has 0 spiro atoms. The van der Waals surface area contributed by atoms with Crippen molar-refractivity contribution in [3.05, 3.63) is 88.2 Å². The van der Waals surface area contributed by atoms with Crippen LogP contribution in [0.3, 0.4) is 0 Å². The second-order valence-electron chi connectivity index (χ2n) is 12.5. The van der Waals surface area contributed by atoms with Gasteiger partial charge in [-0.15, -0.1) is 11.8 Å². The van der Waals surface area contributed by atoms with Crippen LogP contribution in [0.4, 0.5) is 0 Å². The summed E-state index contributed by atoms with van der Waals surface area (Å²) in [5.74, 6) is 0.371. The van der Waals surface area contributed by atoms with E-state index in [2.05, 4.69) is 25.7 Å². The first-order valence-electron chi connectivity index (χ1n) is 14.2. The van der Waals surface area contributed by atoms with Crippen LogP contribution in [0, 0.1) is 18.3 Å². The standard InChI is InChI=1S/C32H38N4O4S2Si/c1-22-9-11-26(25-13-15-36(29(22)25)42(38,39)32(2)14-7-8-24(19-32)41-3)30(37)31-34-27-12-10-23(20-33)18-28(27)35(31)21-40-16-17-43(4,5)6/h7-13,15,18-19,30,37H,14,16-17,21H2,1-6H3. The number of aliphatic hydroxyl groups excluding tert-OH is 1. The van der Waals surface area contributed by atoms with Crippen molar-refractivity contribution in [3.63, 3.8) is 0 Å². The fraction of sp³-hybridized carbons (Fsp3) is 0.375. The van der Waals surface area contributed by atoms with Crippen molar-refractivity contribution in [2.24, 2.45) is 0 Å². The van der Waals surface area contributed by atoms with Crippen molar-refractivity contribution in [2.75, 3.05) is 12.9 Å². The van der Waals surface area contributed by atoms with Gasteiger partial charge < -0.3 is 14.4 Å². The largest absolute Gasteiger partial charge is 0.380 e. The lowest BCUT2D eigenvalue weighted by Gasteiger charge is -2.29. The molecule has 2 unspecified atom stereocenters. The lowest BCUT2D eigenvalue weighted by molar-refractivity contribution is 0.0816. The number of fused-ring (bicyclic) bond motifs is 2. The minimum Gasteiger partial charge on any atom is -0.380 e. The van der Waals surface area contributed by atoms with Crippen molar-refractivity contribution >= 4 is 51.8 Å². The van der Waals surface area contributed by atoms with E-state index in [1.165, 1.54) is 15.7 Å². The van der Waals surface area contributed by atoms with E-state index in [4.69, 9.17) is 9.72 Å². The summed E-state index contributed by atoms with van der Waals surface area (Å²) in [6, 6.07) is 13.8. The van der Waals surface area contributed by atoms with E-state index in [0.29, 0.717) is 51.9 Å². The molecular formula is C32H38N4O4S2Si. The first-order chi connectivity index (χ1) is 20.3. The van der Waals surface area contributed by atoms with E-state index >= 15 is 0 Å². The molecule has 2 aromatic heterocycles. The molecule has 5 rings (SSSR count). The van der Waals surface area contributed by atoms with Crippen molar-refractivity contribution in [2.45, 2.75) is 63.5 Å². The summed E-state index contributed by atoms with van der Waals surface area (Å²) in [6.07, 6.45) is 8.40. The number of aryl methyl sites for hydroxylation is 1. The van der Waals surface area contributed by atoms with E-state index in [1.807, 2.05) is 48.1 Å². The summed E-state index contributed by atoms with van der Waals surface area (Å²) in [5, 5.41) is 22.0. The molecule has 2 heterocycles. The van der Waals surface area contributed by atoms with Crippen LogP contribution in [-0.2, 0) is 21.5 Å². The van der Waals surface area contributed by atoms with E-state index in [9.17, 15) is 18.8 Å². The first kappa shape index (κ1) is 31.3. The molecule has 0 bridgehead atoms. The number of thioether (sulfide) groups is 1. The highest BCUT2D eigenvalue weighted by Gasteiger charge is 2.40. The molecule has 4 aromatic rings. The molecule has 0 saturated heterocycles. The minimum atomic E-state index is -3.86. The number of nitriles is 1. The van der Waals surface area contributed by atoms with Crippen molar-refractivity contribution in [1.82, 2.24) is 13.5 Å². The van der Waals surface area contributed by atoms with Crippen LogP contribution in [0.15, 0.2) is 65.7 Å². The number of aliphatic hydroxyl groups is 1. The molecule has 43 heavy (non-hydrogen) atoms. The Hall–Kier alpha value is -3.14. The van der Waals surface area contributed by atoms with Gasteiger partial charge in [0.1, 0.15) is 23.4 Å². The highest BCUT2D eigenvalue weighted by molar-refractivity contribution is 8.02. The molecular weight excluding hydrogens is 597 g/mol. The van der Waals surface area contributed by atoms with Crippen LogP contribution in [0.5, 0.6) is 0 Å². The van der Waals surface area contributed by atoms with Gasteiger partial charge in [0.2, 0.25) is 10.0 Å². The molecule has 2 aromatic carbocycles. The number of hydrogen-bond acceptors (Lipinski definition) is 7. The molecule has 11 heteroatoms. The summed E-state index contributed by atoms with van der Waals surface area (Å²) < 4.78 is 36.5. The number of allylic oxidation sites excluding steroid dienone is 2. The van der Waals surface area contributed by atoms with Gasteiger partial charge in [0, 0.05) is 31.2 Å². The Morgan fingerprint density at radius 1 is 1.23 bits per heavy atom. The number of benzene rings is 2. The lowest BCUT2D eigenvalue weighted by atomic mass is 10.0. The van der Waals surface area contributed by atoms with Gasteiger partial charge in [0.25, 0.3) is 0 Å². The zero-order valence-corrected chi connectivity index (χ0v) is 28.1. The zero-order valence-electron chi connectivity index (χ0n) is 25.5. The fourth-order valence-electron chi connectivity index (χ4n) is 5.43. The average Bonchev–Trinajstić information content (AvgIpc) is 3.57. The molecule has 1 aliphatic rings. The highest BCUT2D eigenvalue weighted by atomic mass is 32.2. The smallest absolute Gasteiger partial charge is 0.248 e. The van der Waals surface area contributed by atoms with Crippen LogP contribution in [0.25, 0.3) is 21.9 Å². The van der Waals surface area contributed by atoms with Gasteiger partial charge in [-0.2, -0.15) is 5.26 Å². The molecule has 0 amide bonds. The predicted octanol–water partition coefficient (Wildman–Crippen LogP) is 6.71. The number of imidazole rings is 1. The summed E-state index contributed by atoms with van der Waals surface area (Å²) >= 11 is 1.52. The normalized spacial score (nSPS) is 18.2. The molecule has 0 aliphatic heterocycles. The van der Waals surface area contributed by atoms with Gasteiger partial charge in [-0.05, 0) is 74.0 Å². The minimum absolute atomic E-state index is 0.169. The SMILES string of the molecule is CSC1=CC(C)(S(=O)(=O)n2ccc3c(C(O)c4nc5ccc(C#N)cc5n4COCC[Si](C)(C)C)ccc(C)c32)CC=C1. The zero-order chi connectivity index (χ0) is 31.2. The Balaban J connectivity index is 1.60. The number of rotatable bonds is 10. The number of ether oxygens (including phenoxy) is 1. The quantitative estimate of drug-likeness (QED) is 0.153. The van der Waals surface area contributed by atoms with Gasteiger partial charge in [0.05, 0.1) is 28.2 Å². The monoisotopic (exact) mass is 634 g/mol. The third-order valence-corrected chi connectivity index (χ3v) is 12.8. The van der Waals surface area contributed by atoms with Gasteiger partial charge in [-0.3, -0.25) is 0 Å². The molecule has 2 atom stereocenters. The molecule has 1 N–H and O–H groups in total. The van der Waals surface area contributed by atoms with Gasteiger partial charge >= 0.3 is 0 Å². The van der Waals surface area contributed by atoms with Crippen LogP contribution in [0.1, 0.15) is 42.0 Å². The maximum atomic E-state index is 14.2. The number of aromatic nitrogens is 3. The van der Waals surface area contributed by atoms with Gasteiger partial charge in [0.15, 0.2) is 0 Å². The Labute approximate surface area is 258 Å². The Morgan fingerprint density at radius 2 is 2.00 bits per heavy atom. The molecule has 1 aliphatic carbocycles. The number of hydrogen-bond donors (Lipinski definition) is 1. The van der Waals surface area contributed by atoms with E-state index < -0.39 is 28.9 Å². The Morgan fingerprint density at radius 3 is 2.70 bits per heavy atom. The summed E-state index contributed by atoms with van der Waals surface area (Å²) in [7, 11) is -5.17. The van der Waals surface area contributed by atoms with E-state index in [-0.39, 0.29) is 6.73 Å². The molecule has 0 radical (unpaired) electrons. The molecule has 0 saturated carbocycles. The first-order valence-corrected chi connectivity index (χ1v) is 20.6. The summed E-state index contributed by atoms with van der Waals surface area (Å²) in [4.78, 5) is 5.68. The van der Waals surface area contributed by atoms with Crippen molar-refractivity contribution in [3.8, 4) is 6.07 Å². The average molecular weight is 635 g/mol.